The molecule has 1 aromatic carbocycles. The summed E-state index contributed by atoms with van der Waals surface area (Å²) in [5.41, 5.74) is 7.26. The predicted octanol–water partition coefficient (Wildman–Crippen LogP) is 0.875. The van der Waals surface area contributed by atoms with E-state index in [-0.39, 0.29) is 24.0 Å². The van der Waals surface area contributed by atoms with Crippen molar-refractivity contribution in [2.45, 2.75) is 19.8 Å². The summed E-state index contributed by atoms with van der Waals surface area (Å²) in [5.74, 6) is -1.03. The molecule has 3 N–H and O–H groups in total. The van der Waals surface area contributed by atoms with Crippen LogP contribution in [0.15, 0.2) is 18.2 Å². The van der Waals surface area contributed by atoms with Crippen molar-refractivity contribution in [1.82, 2.24) is 0 Å². The highest BCUT2D eigenvalue weighted by atomic mass is 16.2. The molecule has 0 saturated heterocycles. The third-order valence-corrected chi connectivity index (χ3v) is 2.98. The number of amides is 2. The predicted molar refractivity (Wildman–Crippen MR) is 66.1 cm³/mol. The lowest BCUT2D eigenvalue weighted by Gasteiger charge is -2.03. The molecule has 94 valence electrons. The lowest BCUT2D eigenvalue weighted by Crippen LogP contribution is -2.20. The molecule has 2 amide bonds. The Hall–Kier alpha value is -2.17. The minimum atomic E-state index is -0.469. The monoisotopic (exact) mass is 246 g/mol. The molecule has 18 heavy (non-hydrogen) atoms. The van der Waals surface area contributed by atoms with Gasteiger partial charge in [-0.15, -0.1) is 0 Å². The van der Waals surface area contributed by atoms with Crippen molar-refractivity contribution >= 4 is 23.3 Å². The maximum absolute atomic E-state index is 12.0. The second kappa shape index (κ2) is 4.60. The molecule has 1 unspecified atom stereocenters. The number of nitrogens with two attached hydrogens (primary N) is 1. The quantitative estimate of drug-likeness (QED) is 0.829. The molecule has 0 heterocycles. The summed E-state index contributed by atoms with van der Waals surface area (Å²) in [7, 11) is 0. The molecule has 1 atom stereocenters. The molecule has 0 radical (unpaired) electrons. The van der Waals surface area contributed by atoms with Gasteiger partial charge in [0.1, 0.15) is 0 Å². The number of Topliss-reactive ketones (excluding diaryl/α,β-unsaturated/α-hetero) is 1. The first-order chi connectivity index (χ1) is 8.47. The Bertz CT molecular complexity index is 537. The minimum Gasteiger partial charge on any atom is -0.370 e. The Labute approximate surface area is 104 Å². The Morgan fingerprint density at radius 2 is 2.17 bits per heavy atom. The largest absolute Gasteiger partial charge is 0.370 e. The zero-order chi connectivity index (χ0) is 13.3. The molecule has 5 nitrogen and oxygen atoms in total. The van der Waals surface area contributed by atoms with Gasteiger partial charge in [0.25, 0.3) is 0 Å². The van der Waals surface area contributed by atoms with E-state index < -0.39 is 5.91 Å². The van der Waals surface area contributed by atoms with Gasteiger partial charge in [-0.2, -0.15) is 0 Å². The molecular weight excluding hydrogens is 232 g/mol. The molecule has 0 saturated carbocycles. The van der Waals surface area contributed by atoms with Gasteiger partial charge in [-0.1, -0.05) is 0 Å². The van der Waals surface area contributed by atoms with Crippen molar-refractivity contribution in [3.8, 4) is 0 Å². The first kappa shape index (κ1) is 12.3. The zero-order valence-corrected chi connectivity index (χ0v) is 10.0. The van der Waals surface area contributed by atoms with Crippen LogP contribution in [0.2, 0.25) is 0 Å². The van der Waals surface area contributed by atoms with Gasteiger partial charge >= 0.3 is 0 Å². The van der Waals surface area contributed by atoms with Gasteiger partial charge < -0.3 is 11.1 Å². The number of primary amides is 1. The topological polar surface area (TPSA) is 89.3 Å². The van der Waals surface area contributed by atoms with E-state index in [1.54, 1.807) is 18.2 Å². The van der Waals surface area contributed by atoms with Gasteiger partial charge in [-0.25, -0.2) is 0 Å². The Morgan fingerprint density at radius 3 is 2.78 bits per heavy atom. The normalized spacial score (nSPS) is 17.4. The van der Waals surface area contributed by atoms with Crippen LogP contribution < -0.4 is 11.1 Å². The van der Waals surface area contributed by atoms with Crippen molar-refractivity contribution < 1.29 is 14.4 Å². The summed E-state index contributed by atoms with van der Waals surface area (Å²) in [6.07, 6.45) is 0.577. The van der Waals surface area contributed by atoms with Crippen LogP contribution >= 0.6 is 0 Å². The summed E-state index contributed by atoms with van der Waals surface area (Å²) in [4.78, 5) is 33.8. The SMILES string of the molecule is CC(=O)Nc1ccc2c(c1)CC(CC(N)=O)C2=O. The number of hydrogen-bond acceptors (Lipinski definition) is 3. The van der Waals surface area contributed by atoms with E-state index in [1.165, 1.54) is 6.92 Å². The third kappa shape index (κ3) is 2.40. The van der Waals surface area contributed by atoms with Gasteiger partial charge in [-0.3, -0.25) is 14.4 Å². The molecule has 0 spiro atoms. The van der Waals surface area contributed by atoms with Crippen molar-refractivity contribution in [1.29, 1.82) is 0 Å². The lowest BCUT2D eigenvalue weighted by molar-refractivity contribution is -0.118. The van der Waals surface area contributed by atoms with Crippen molar-refractivity contribution in [2.24, 2.45) is 11.7 Å². The van der Waals surface area contributed by atoms with E-state index in [2.05, 4.69) is 5.32 Å². The Kier molecular flexibility index (Phi) is 3.14. The molecule has 0 aliphatic heterocycles. The van der Waals surface area contributed by atoms with E-state index in [4.69, 9.17) is 5.73 Å². The van der Waals surface area contributed by atoms with Crippen LogP contribution in [0.25, 0.3) is 0 Å². The fourth-order valence-electron chi connectivity index (χ4n) is 2.27. The molecule has 5 heteroatoms. The number of ketones is 1. The highest BCUT2D eigenvalue weighted by Gasteiger charge is 2.31. The van der Waals surface area contributed by atoms with Crippen LogP contribution in [0, 0.1) is 5.92 Å². The first-order valence-electron chi connectivity index (χ1n) is 5.70. The Morgan fingerprint density at radius 1 is 1.44 bits per heavy atom. The smallest absolute Gasteiger partial charge is 0.221 e. The molecule has 0 fully saturated rings. The number of nitrogens with one attached hydrogen (secondary N) is 1. The first-order valence-corrected chi connectivity index (χ1v) is 5.70. The lowest BCUT2D eigenvalue weighted by atomic mass is 10.0. The molecule has 2 rings (SSSR count). The van der Waals surface area contributed by atoms with Crippen molar-refractivity contribution in [3.05, 3.63) is 29.3 Å². The number of benzene rings is 1. The molecule has 0 aromatic heterocycles. The number of hydrogen-bond donors (Lipinski definition) is 2. The average Bonchev–Trinajstić information content (AvgIpc) is 2.54. The van der Waals surface area contributed by atoms with Crippen LogP contribution in [0.4, 0.5) is 5.69 Å². The van der Waals surface area contributed by atoms with Crippen molar-refractivity contribution in [3.63, 3.8) is 0 Å². The maximum Gasteiger partial charge on any atom is 0.221 e. The summed E-state index contributed by atoms with van der Waals surface area (Å²) < 4.78 is 0. The van der Waals surface area contributed by atoms with Crippen molar-refractivity contribution in [2.75, 3.05) is 5.32 Å². The second-order valence-electron chi connectivity index (χ2n) is 4.49. The standard InChI is InChI=1S/C13H14N2O3/c1-7(16)15-10-2-3-11-8(5-10)4-9(13(11)18)6-12(14)17/h2-3,5,9H,4,6H2,1H3,(H2,14,17)(H,15,16). The third-order valence-electron chi connectivity index (χ3n) is 2.98. The van der Waals surface area contributed by atoms with E-state index in [0.29, 0.717) is 17.7 Å². The fourth-order valence-corrected chi connectivity index (χ4v) is 2.27. The Balaban J connectivity index is 2.23. The number of carbonyl (C=O) groups is 3. The van der Waals surface area contributed by atoms with E-state index in [9.17, 15) is 14.4 Å². The van der Waals surface area contributed by atoms with Crippen LogP contribution in [0.3, 0.4) is 0 Å². The summed E-state index contributed by atoms with van der Waals surface area (Å²) in [6, 6.07) is 5.14. The van der Waals surface area contributed by atoms with E-state index in [1.807, 2.05) is 0 Å². The van der Waals surface area contributed by atoms with Gasteiger partial charge in [0, 0.05) is 30.5 Å². The molecule has 1 aliphatic rings. The van der Waals surface area contributed by atoms with E-state index in [0.717, 1.165) is 5.56 Å². The van der Waals surface area contributed by atoms with Crippen LogP contribution in [-0.4, -0.2) is 17.6 Å². The van der Waals surface area contributed by atoms with Crippen LogP contribution in [0.5, 0.6) is 0 Å². The van der Waals surface area contributed by atoms with Gasteiger partial charge in [-0.05, 0) is 30.2 Å². The fraction of sp³-hybridized carbons (Fsp3) is 0.308. The van der Waals surface area contributed by atoms with Crippen LogP contribution in [0.1, 0.15) is 29.3 Å². The van der Waals surface area contributed by atoms with Gasteiger partial charge in [0.05, 0.1) is 0 Å². The zero-order valence-electron chi connectivity index (χ0n) is 10.0. The average molecular weight is 246 g/mol. The van der Waals surface area contributed by atoms with E-state index >= 15 is 0 Å². The summed E-state index contributed by atoms with van der Waals surface area (Å²) in [5, 5.41) is 2.66. The molecule has 1 aliphatic carbocycles. The van der Waals surface area contributed by atoms with Gasteiger partial charge in [0.2, 0.25) is 11.8 Å². The summed E-state index contributed by atoms with van der Waals surface area (Å²) in [6.45, 7) is 1.42. The molecule has 1 aromatic rings. The highest BCUT2D eigenvalue weighted by Crippen LogP contribution is 2.30. The number of anilines is 1. The molecule has 0 bridgehead atoms. The number of carbonyl (C=O) groups excluding carboxylic acids is 3. The van der Waals surface area contributed by atoms with Gasteiger partial charge in [0.15, 0.2) is 5.78 Å². The number of rotatable bonds is 3. The second-order valence-corrected chi connectivity index (χ2v) is 4.49. The number of fused-ring (bicyclic) bond motifs is 1. The molecular formula is C13H14N2O3. The maximum atomic E-state index is 12.0. The minimum absolute atomic E-state index is 0.0434. The summed E-state index contributed by atoms with van der Waals surface area (Å²) >= 11 is 0. The highest BCUT2D eigenvalue weighted by molar-refractivity contribution is 6.04. The van der Waals surface area contributed by atoms with Crippen LogP contribution in [-0.2, 0) is 16.0 Å².